The first kappa shape index (κ1) is 38.6. The highest BCUT2D eigenvalue weighted by Crippen LogP contribution is 2.36. The fraction of sp³-hybridized carbons (Fsp3) is 0.537. The number of nitrogens with zero attached hydrogens (tertiary/aromatic N) is 9. The number of aromatic nitrogens is 4. The molecule has 2 aromatic carbocycles. The van der Waals surface area contributed by atoms with Gasteiger partial charge in [-0.05, 0) is 56.9 Å². The number of hydrogen-bond donors (Lipinski definition) is 0. The van der Waals surface area contributed by atoms with Gasteiger partial charge in [-0.15, -0.1) is 0 Å². The molecule has 7 rings (SSSR count). The molecule has 5 heterocycles. The number of nitriles is 1. The predicted molar refractivity (Wildman–Crippen MR) is 216 cm³/mol. The normalized spacial score (nSPS) is 19.1. The lowest BCUT2D eigenvalue weighted by Crippen LogP contribution is -2.55. The number of ether oxygens (including phenoxy) is 3. The Morgan fingerprint density at radius 2 is 1.85 bits per heavy atom. The minimum atomic E-state index is -1.18. The van der Waals surface area contributed by atoms with Gasteiger partial charge in [0.05, 0.1) is 36.5 Å². The number of aryl methyl sites for hydroxylation is 1. The van der Waals surface area contributed by atoms with Crippen LogP contribution < -0.4 is 14.5 Å². The number of rotatable bonds is 13. The third-order valence-corrected chi connectivity index (χ3v) is 12.8. The molecule has 2 unspecified atom stereocenters. The lowest BCUT2D eigenvalue weighted by Gasteiger charge is -2.42. The molecule has 0 N–H and O–H groups in total. The summed E-state index contributed by atoms with van der Waals surface area (Å²) in [5.41, 5.74) is 6.16. The molecular formula is C41H55N9O4Si. The second kappa shape index (κ2) is 17.0. The van der Waals surface area contributed by atoms with E-state index in [2.05, 4.69) is 72.7 Å². The van der Waals surface area contributed by atoms with E-state index in [-0.39, 0.29) is 19.1 Å². The highest BCUT2D eigenvalue weighted by Gasteiger charge is 2.35. The number of anilines is 2. The van der Waals surface area contributed by atoms with E-state index in [0.29, 0.717) is 51.6 Å². The molecule has 2 atom stereocenters. The number of likely N-dealkylation sites (N-methyl/N-ethyl adjacent to an activating group) is 1. The Labute approximate surface area is 325 Å². The summed E-state index contributed by atoms with van der Waals surface area (Å²) in [7, 11) is 0.962. The first-order chi connectivity index (χ1) is 26.6. The van der Waals surface area contributed by atoms with Crippen molar-refractivity contribution >= 4 is 36.6 Å². The summed E-state index contributed by atoms with van der Waals surface area (Å²) in [6.45, 7) is 14.9. The van der Waals surface area contributed by atoms with Crippen LogP contribution in [0.2, 0.25) is 25.7 Å². The van der Waals surface area contributed by atoms with Gasteiger partial charge in [-0.1, -0.05) is 62.1 Å². The smallest absolute Gasteiger partial charge is 0.410 e. The third kappa shape index (κ3) is 9.23. The number of amides is 1. The van der Waals surface area contributed by atoms with Crippen LogP contribution in [0.4, 0.5) is 16.3 Å². The largest absolute Gasteiger partial charge is 0.462 e. The Hall–Kier alpha value is -4.71. The van der Waals surface area contributed by atoms with Crippen LogP contribution >= 0.6 is 0 Å². The Morgan fingerprint density at radius 1 is 1.02 bits per heavy atom. The van der Waals surface area contributed by atoms with Gasteiger partial charge in [0.25, 0.3) is 0 Å². The molecule has 4 aromatic rings. The summed E-state index contributed by atoms with van der Waals surface area (Å²) >= 11 is 0. The van der Waals surface area contributed by atoms with Gasteiger partial charge in [-0.3, -0.25) is 0 Å². The summed E-state index contributed by atoms with van der Waals surface area (Å²) in [5.74, 6) is 0.828. The monoisotopic (exact) mass is 765 g/mol. The van der Waals surface area contributed by atoms with Gasteiger partial charge in [0.15, 0.2) is 0 Å². The molecule has 0 saturated carbocycles. The Kier molecular flexibility index (Phi) is 11.9. The lowest BCUT2D eigenvalue weighted by atomic mass is 10.0. The van der Waals surface area contributed by atoms with Crippen LogP contribution in [-0.4, -0.2) is 109 Å². The molecule has 292 valence electrons. The van der Waals surface area contributed by atoms with Crippen LogP contribution in [0.25, 0.3) is 10.9 Å². The first-order valence-corrected chi connectivity index (χ1v) is 23.4. The molecule has 2 aromatic heterocycles. The zero-order valence-electron chi connectivity index (χ0n) is 33.0. The summed E-state index contributed by atoms with van der Waals surface area (Å²) < 4.78 is 20.1. The number of carbonyl (C=O) groups is 1. The van der Waals surface area contributed by atoms with Crippen LogP contribution in [-0.2, 0) is 35.8 Å². The van der Waals surface area contributed by atoms with Crippen molar-refractivity contribution in [3.63, 3.8) is 0 Å². The van der Waals surface area contributed by atoms with E-state index in [4.69, 9.17) is 29.3 Å². The summed E-state index contributed by atoms with van der Waals surface area (Å²) in [5, 5.41) is 15.9. The van der Waals surface area contributed by atoms with Gasteiger partial charge in [0, 0.05) is 64.0 Å². The average Bonchev–Trinajstić information content (AvgIpc) is 3.79. The minimum Gasteiger partial charge on any atom is -0.462 e. The fourth-order valence-electron chi connectivity index (χ4n) is 7.86. The summed E-state index contributed by atoms with van der Waals surface area (Å²) in [4.78, 5) is 32.1. The Balaban J connectivity index is 1.13. The van der Waals surface area contributed by atoms with Crippen molar-refractivity contribution in [2.45, 2.75) is 90.3 Å². The van der Waals surface area contributed by atoms with Crippen LogP contribution in [0.1, 0.15) is 41.6 Å². The molecular weight excluding hydrogens is 711 g/mol. The third-order valence-electron chi connectivity index (χ3n) is 11.1. The quantitative estimate of drug-likeness (QED) is 0.114. The van der Waals surface area contributed by atoms with Gasteiger partial charge in [-0.2, -0.15) is 20.3 Å². The standard InChI is InChI=1S/C41H55N9O4Si/c1-30-13-14-32-24-49(29-52-22-23-55(3,4)5)45-37(32)38(30)47-19-16-35-36(26-47)43-40(53-28-34-12-9-18-46(34)2)44-39(35)48-20-21-50(33(25-48)15-17-42)41(51)54-27-31-10-7-6-8-11-31/h6-8,10-11,13-14,24,33-34H,9,12,15-16,18-23,25-29H2,1-5H3. The highest BCUT2D eigenvalue weighted by molar-refractivity contribution is 6.76. The van der Waals surface area contributed by atoms with Crippen molar-refractivity contribution in [2.24, 2.45) is 0 Å². The van der Waals surface area contributed by atoms with Crippen LogP contribution in [0.3, 0.4) is 0 Å². The zero-order chi connectivity index (χ0) is 38.5. The van der Waals surface area contributed by atoms with Crippen molar-refractivity contribution in [3.05, 3.63) is 71.0 Å². The number of carbonyl (C=O) groups excluding carboxylic acids is 1. The van der Waals surface area contributed by atoms with Crippen LogP contribution in [0, 0.1) is 18.3 Å². The molecule has 2 saturated heterocycles. The molecule has 2 fully saturated rings. The van der Waals surface area contributed by atoms with Gasteiger partial charge in [0.1, 0.15) is 31.3 Å². The van der Waals surface area contributed by atoms with E-state index >= 15 is 0 Å². The van der Waals surface area contributed by atoms with E-state index in [1.54, 1.807) is 4.90 Å². The van der Waals surface area contributed by atoms with E-state index in [1.165, 1.54) is 0 Å². The Morgan fingerprint density at radius 3 is 2.62 bits per heavy atom. The van der Waals surface area contributed by atoms with Crippen molar-refractivity contribution < 1.29 is 19.0 Å². The molecule has 55 heavy (non-hydrogen) atoms. The first-order valence-electron chi connectivity index (χ1n) is 19.7. The second-order valence-electron chi connectivity index (χ2n) is 16.4. The minimum absolute atomic E-state index is 0.186. The SMILES string of the molecule is Cc1ccc2cn(COCC[Si](C)(C)C)nc2c1N1CCc2c(nc(OCC3CCCN3C)nc2N2CCN(C(=O)OCc3ccccc3)C(CC#N)C2)C1. The van der Waals surface area contributed by atoms with Gasteiger partial charge < -0.3 is 33.8 Å². The topological polar surface area (TPSA) is 125 Å². The average molecular weight is 766 g/mol. The van der Waals surface area contributed by atoms with E-state index in [9.17, 15) is 10.1 Å². The molecule has 1 amide bonds. The van der Waals surface area contributed by atoms with Gasteiger partial charge >= 0.3 is 12.1 Å². The van der Waals surface area contributed by atoms with Crippen molar-refractivity contribution in [3.8, 4) is 12.1 Å². The van der Waals surface area contributed by atoms with Crippen LogP contribution in [0.5, 0.6) is 6.01 Å². The molecule has 0 radical (unpaired) electrons. The van der Waals surface area contributed by atoms with E-state index < -0.39 is 14.2 Å². The predicted octanol–water partition coefficient (Wildman–Crippen LogP) is 6.22. The molecule has 0 aliphatic carbocycles. The maximum absolute atomic E-state index is 13.3. The summed E-state index contributed by atoms with van der Waals surface area (Å²) in [6, 6.07) is 17.7. The van der Waals surface area contributed by atoms with Crippen molar-refractivity contribution in [2.75, 3.05) is 62.8 Å². The summed E-state index contributed by atoms with van der Waals surface area (Å²) in [6.07, 6.45) is 4.83. The van der Waals surface area contributed by atoms with E-state index in [1.807, 2.05) is 35.0 Å². The number of hydrogen-bond acceptors (Lipinski definition) is 11. The fourth-order valence-corrected chi connectivity index (χ4v) is 8.62. The van der Waals surface area contributed by atoms with E-state index in [0.717, 1.165) is 89.8 Å². The molecule has 14 heteroatoms. The molecule has 0 spiro atoms. The zero-order valence-corrected chi connectivity index (χ0v) is 34.0. The van der Waals surface area contributed by atoms with Gasteiger partial charge in [-0.25, -0.2) is 9.48 Å². The van der Waals surface area contributed by atoms with Crippen LogP contribution in [0.15, 0.2) is 48.7 Å². The molecule has 13 nitrogen and oxygen atoms in total. The van der Waals surface area contributed by atoms with Gasteiger partial charge in [0.2, 0.25) is 0 Å². The second-order valence-corrected chi connectivity index (χ2v) is 22.0. The maximum Gasteiger partial charge on any atom is 0.410 e. The van der Waals surface area contributed by atoms with Crippen molar-refractivity contribution in [1.29, 1.82) is 5.26 Å². The maximum atomic E-state index is 13.3. The lowest BCUT2D eigenvalue weighted by molar-refractivity contribution is 0.0767. The number of fused-ring (bicyclic) bond motifs is 2. The molecule has 3 aliphatic heterocycles. The number of benzene rings is 2. The van der Waals surface area contributed by atoms with Crippen molar-refractivity contribution in [1.82, 2.24) is 29.5 Å². The Bertz CT molecular complexity index is 2000. The number of piperazine rings is 1. The molecule has 3 aliphatic rings. The number of likely N-dealkylation sites (tertiary alicyclic amines) is 1. The molecule has 0 bridgehead atoms. The highest BCUT2D eigenvalue weighted by atomic mass is 28.3.